The van der Waals surface area contributed by atoms with E-state index >= 15 is 0 Å². The van der Waals surface area contributed by atoms with Gasteiger partial charge in [0.25, 0.3) is 0 Å². The molecule has 1 N–H and O–H groups in total. The van der Waals surface area contributed by atoms with Crippen LogP contribution in [0, 0.1) is 0 Å². The summed E-state index contributed by atoms with van der Waals surface area (Å²) in [4.78, 5) is 12.4. The second-order valence-electron chi connectivity index (χ2n) is 6.73. The number of ether oxygens (including phenoxy) is 1. The van der Waals surface area contributed by atoms with E-state index < -0.39 is 28.8 Å². The fraction of sp³-hybridized carbons (Fsp3) is 0.611. The summed E-state index contributed by atoms with van der Waals surface area (Å²) in [6.07, 6.45) is -2.73. The molecule has 1 aromatic carbocycles. The lowest BCUT2D eigenvalue weighted by molar-refractivity contribution is -0.176. The SMILES string of the molecule is CCCS(=O)(=O)N1CCCC1C(=O)NCc1ccc(COCC(F)(F)F)cc1. The second kappa shape index (κ2) is 9.71. The normalized spacial score (nSPS) is 18.4. The topological polar surface area (TPSA) is 75.7 Å². The zero-order chi connectivity index (χ0) is 20.8. The highest BCUT2D eigenvalue weighted by molar-refractivity contribution is 7.89. The number of hydrogen-bond acceptors (Lipinski definition) is 4. The molecule has 2 rings (SSSR count). The maximum atomic E-state index is 12.4. The summed E-state index contributed by atoms with van der Waals surface area (Å²) in [7, 11) is -3.43. The molecule has 1 atom stereocenters. The molecule has 0 saturated carbocycles. The predicted molar refractivity (Wildman–Crippen MR) is 97.8 cm³/mol. The maximum Gasteiger partial charge on any atom is 0.411 e. The molecule has 1 aromatic rings. The quantitative estimate of drug-likeness (QED) is 0.664. The first-order chi connectivity index (χ1) is 13.1. The number of nitrogens with zero attached hydrogens (tertiary/aromatic N) is 1. The van der Waals surface area contributed by atoms with Crippen molar-refractivity contribution in [2.24, 2.45) is 0 Å². The standard InChI is InChI=1S/C18H25F3N2O4S/c1-2-10-28(25,26)23-9-3-4-16(23)17(24)22-11-14-5-7-15(8-6-14)12-27-13-18(19,20)21/h5-8,16H,2-4,9-13H2,1H3,(H,22,24). The Labute approximate surface area is 163 Å². The molecule has 1 unspecified atom stereocenters. The Kier molecular flexibility index (Phi) is 7.85. The molecule has 1 saturated heterocycles. The number of carbonyl (C=O) groups is 1. The van der Waals surface area contributed by atoms with Gasteiger partial charge in [0, 0.05) is 13.1 Å². The van der Waals surface area contributed by atoms with E-state index in [1.807, 2.05) is 0 Å². The highest BCUT2D eigenvalue weighted by Crippen LogP contribution is 2.22. The van der Waals surface area contributed by atoms with Crippen LogP contribution in [0.25, 0.3) is 0 Å². The van der Waals surface area contributed by atoms with Gasteiger partial charge in [-0.2, -0.15) is 17.5 Å². The Morgan fingerprint density at radius 1 is 1.25 bits per heavy atom. The molecular formula is C18H25F3N2O4S. The number of rotatable bonds is 9. The fourth-order valence-electron chi connectivity index (χ4n) is 3.06. The number of amides is 1. The van der Waals surface area contributed by atoms with E-state index in [1.54, 1.807) is 31.2 Å². The van der Waals surface area contributed by atoms with Gasteiger partial charge in [-0.3, -0.25) is 4.79 Å². The molecule has 6 nitrogen and oxygen atoms in total. The average Bonchev–Trinajstić information content (AvgIpc) is 3.10. The van der Waals surface area contributed by atoms with E-state index in [4.69, 9.17) is 0 Å². The third kappa shape index (κ3) is 6.75. The Balaban J connectivity index is 1.85. The molecule has 0 bridgehead atoms. The summed E-state index contributed by atoms with van der Waals surface area (Å²) < 4.78 is 66.6. The molecule has 10 heteroatoms. The van der Waals surface area contributed by atoms with E-state index in [-0.39, 0.29) is 24.8 Å². The first kappa shape index (κ1) is 22.6. The lowest BCUT2D eigenvalue weighted by atomic mass is 10.1. The summed E-state index contributed by atoms with van der Waals surface area (Å²) in [6.45, 7) is 0.885. The molecule has 1 aliphatic heterocycles. The zero-order valence-electron chi connectivity index (χ0n) is 15.7. The number of sulfonamides is 1. The Hall–Kier alpha value is -1.65. The lowest BCUT2D eigenvalue weighted by Crippen LogP contribution is -2.46. The van der Waals surface area contributed by atoms with Gasteiger partial charge < -0.3 is 10.1 Å². The number of alkyl halides is 3. The lowest BCUT2D eigenvalue weighted by Gasteiger charge is -2.23. The first-order valence-electron chi connectivity index (χ1n) is 9.12. The molecule has 1 fully saturated rings. The summed E-state index contributed by atoms with van der Waals surface area (Å²) in [5, 5.41) is 2.74. The van der Waals surface area contributed by atoms with E-state index in [2.05, 4.69) is 10.1 Å². The van der Waals surface area contributed by atoms with Crippen LogP contribution in [-0.2, 0) is 32.7 Å². The largest absolute Gasteiger partial charge is 0.411 e. The van der Waals surface area contributed by atoms with Gasteiger partial charge >= 0.3 is 6.18 Å². The molecule has 1 heterocycles. The van der Waals surface area contributed by atoms with Crippen LogP contribution < -0.4 is 5.32 Å². The predicted octanol–water partition coefficient (Wildman–Crippen LogP) is 2.59. The van der Waals surface area contributed by atoms with Crippen LogP contribution in [0.5, 0.6) is 0 Å². The molecule has 0 radical (unpaired) electrons. The van der Waals surface area contributed by atoms with E-state index in [0.29, 0.717) is 31.4 Å². The molecule has 0 spiro atoms. The van der Waals surface area contributed by atoms with Crippen molar-refractivity contribution in [1.29, 1.82) is 0 Å². The molecule has 1 amide bonds. The number of hydrogen-bond donors (Lipinski definition) is 1. The average molecular weight is 422 g/mol. The van der Waals surface area contributed by atoms with Gasteiger partial charge in [0.2, 0.25) is 15.9 Å². The molecule has 158 valence electrons. The summed E-state index contributed by atoms with van der Waals surface area (Å²) in [5.74, 6) is -0.316. The van der Waals surface area contributed by atoms with Crippen LogP contribution in [0.4, 0.5) is 13.2 Å². The van der Waals surface area contributed by atoms with Gasteiger partial charge in [0.15, 0.2) is 0 Å². The van der Waals surface area contributed by atoms with Crippen LogP contribution in [0.2, 0.25) is 0 Å². The smallest absolute Gasteiger partial charge is 0.367 e. The zero-order valence-corrected chi connectivity index (χ0v) is 16.5. The fourth-order valence-corrected chi connectivity index (χ4v) is 4.80. The van der Waals surface area contributed by atoms with E-state index in [1.165, 1.54) is 4.31 Å². The summed E-state index contributed by atoms with van der Waals surface area (Å²) in [5.41, 5.74) is 1.35. The van der Waals surface area contributed by atoms with Gasteiger partial charge in [0.05, 0.1) is 12.4 Å². The molecule has 0 aromatic heterocycles. The number of carbonyl (C=O) groups excluding carboxylic acids is 1. The molecule has 28 heavy (non-hydrogen) atoms. The van der Waals surface area contributed by atoms with Crippen LogP contribution in [0.1, 0.15) is 37.3 Å². The van der Waals surface area contributed by atoms with Crippen molar-refractivity contribution in [3.63, 3.8) is 0 Å². The second-order valence-corrected chi connectivity index (χ2v) is 8.77. The van der Waals surface area contributed by atoms with E-state index in [0.717, 1.165) is 5.56 Å². The van der Waals surface area contributed by atoms with Crippen molar-refractivity contribution in [3.8, 4) is 0 Å². The molecule has 1 aliphatic rings. The molecular weight excluding hydrogens is 397 g/mol. The minimum atomic E-state index is -4.36. The highest BCUT2D eigenvalue weighted by Gasteiger charge is 2.37. The Bertz CT molecular complexity index is 751. The van der Waals surface area contributed by atoms with Crippen LogP contribution in [-0.4, -0.2) is 49.8 Å². The maximum absolute atomic E-state index is 12.4. The van der Waals surface area contributed by atoms with E-state index in [9.17, 15) is 26.4 Å². The molecule has 0 aliphatic carbocycles. The van der Waals surface area contributed by atoms with Crippen LogP contribution >= 0.6 is 0 Å². The van der Waals surface area contributed by atoms with Crippen molar-refractivity contribution in [3.05, 3.63) is 35.4 Å². The van der Waals surface area contributed by atoms with Gasteiger partial charge in [-0.05, 0) is 30.4 Å². The Morgan fingerprint density at radius 2 is 1.89 bits per heavy atom. The van der Waals surface area contributed by atoms with Gasteiger partial charge in [-0.15, -0.1) is 0 Å². The Morgan fingerprint density at radius 3 is 2.50 bits per heavy atom. The van der Waals surface area contributed by atoms with Gasteiger partial charge in [-0.1, -0.05) is 31.2 Å². The summed E-state index contributed by atoms with van der Waals surface area (Å²) >= 11 is 0. The monoisotopic (exact) mass is 422 g/mol. The van der Waals surface area contributed by atoms with Crippen molar-refractivity contribution >= 4 is 15.9 Å². The van der Waals surface area contributed by atoms with Gasteiger partial charge in [0.1, 0.15) is 12.6 Å². The minimum absolute atomic E-state index is 0.0225. The minimum Gasteiger partial charge on any atom is -0.367 e. The number of nitrogens with one attached hydrogen (secondary N) is 1. The van der Waals surface area contributed by atoms with Gasteiger partial charge in [-0.25, -0.2) is 8.42 Å². The number of halogens is 3. The third-order valence-corrected chi connectivity index (χ3v) is 6.43. The first-order valence-corrected chi connectivity index (χ1v) is 10.7. The highest BCUT2D eigenvalue weighted by atomic mass is 32.2. The van der Waals surface area contributed by atoms with Crippen molar-refractivity contribution in [2.75, 3.05) is 18.9 Å². The van der Waals surface area contributed by atoms with Crippen molar-refractivity contribution in [1.82, 2.24) is 9.62 Å². The van der Waals surface area contributed by atoms with Crippen molar-refractivity contribution in [2.45, 2.75) is 51.6 Å². The van der Waals surface area contributed by atoms with Crippen LogP contribution in [0.15, 0.2) is 24.3 Å². The summed E-state index contributed by atoms with van der Waals surface area (Å²) in [6, 6.07) is 5.95. The third-order valence-electron chi connectivity index (χ3n) is 4.35. The van der Waals surface area contributed by atoms with Crippen molar-refractivity contribution < 1.29 is 31.1 Å². The van der Waals surface area contributed by atoms with Crippen LogP contribution in [0.3, 0.4) is 0 Å². The number of benzene rings is 1.